The highest BCUT2D eigenvalue weighted by Crippen LogP contribution is 2.41. The number of benzene rings is 1. The first-order valence-electron chi connectivity index (χ1n) is 6.99. The van der Waals surface area contributed by atoms with Crippen LogP contribution in [0.5, 0.6) is 0 Å². The molecule has 1 aromatic carbocycles. The van der Waals surface area contributed by atoms with Crippen LogP contribution in [-0.4, -0.2) is 16.8 Å². The maximum atomic E-state index is 12.5. The molecule has 1 saturated carbocycles. The van der Waals surface area contributed by atoms with Crippen molar-refractivity contribution in [3.05, 3.63) is 24.3 Å². The van der Waals surface area contributed by atoms with Crippen LogP contribution < -0.4 is 4.90 Å². The summed E-state index contributed by atoms with van der Waals surface area (Å²) in [6.07, 6.45) is 3.79. The third-order valence-electron chi connectivity index (χ3n) is 4.32. The minimum atomic E-state index is -0.108. The Kier molecular flexibility index (Phi) is 2.63. The number of nitrogens with zero attached hydrogens (tertiary/aromatic N) is 2. The predicted octanol–water partition coefficient (Wildman–Crippen LogP) is 2.98. The second-order valence-electron chi connectivity index (χ2n) is 5.47. The number of carbonyl (C=O) groups is 2. The van der Waals surface area contributed by atoms with E-state index in [0.29, 0.717) is 5.13 Å². The van der Waals surface area contributed by atoms with Gasteiger partial charge in [-0.05, 0) is 25.0 Å². The summed E-state index contributed by atoms with van der Waals surface area (Å²) in [7, 11) is 0. The molecule has 1 saturated heterocycles. The summed E-state index contributed by atoms with van der Waals surface area (Å²) in [5.41, 5.74) is 0.850. The van der Waals surface area contributed by atoms with Crippen molar-refractivity contribution in [2.75, 3.05) is 4.90 Å². The Morgan fingerprint density at radius 2 is 1.70 bits per heavy atom. The van der Waals surface area contributed by atoms with E-state index in [2.05, 4.69) is 4.98 Å². The monoisotopic (exact) mass is 286 g/mol. The van der Waals surface area contributed by atoms with Gasteiger partial charge in [-0.2, -0.15) is 0 Å². The van der Waals surface area contributed by atoms with Crippen molar-refractivity contribution in [3.63, 3.8) is 0 Å². The number of fused-ring (bicyclic) bond motifs is 2. The molecule has 4 rings (SSSR count). The first-order valence-corrected chi connectivity index (χ1v) is 7.81. The summed E-state index contributed by atoms with van der Waals surface area (Å²) >= 11 is 1.42. The number of amides is 2. The van der Waals surface area contributed by atoms with Crippen LogP contribution in [0.1, 0.15) is 25.7 Å². The van der Waals surface area contributed by atoms with Crippen LogP contribution in [0.4, 0.5) is 5.13 Å². The van der Waals surface area contributed by atoms with Gasteiger partial charge in [0.2, 0.25) is 11.8 Å². The lowest BCUT2D eigenvalue weighted by Crippen LogP contribution is -2.30. The van der Waals surface area contributed by atoms with Gasteiger partial charge in [-0.25, -0.2) is 9.88 Å². The molecule has 2 fully saturated rings. The van der Waals surface area contributed by atoms with Crippen LogP contribution in [0, 0.1) is 11.8 Å². The van der Waals surface area contributed by atoms with Crippen molar-refractivity contribution in [3.8, 4) is 0 Å². The number of thiazole rings is 1. The third-order valence-corrected chi connectivity index (χ3v) is 5.34. The molecule has 1 aliphatic carbocycles. The molecule has 1 aliphatic heterocycles. The minimum Gasteiger partial charge on any atom is -0.274 e. The molecule has 2 aromatic rings. The second-order valence-corrected chi connectivity index (χ2v) is 6.48. The van der Waals surface area contributed by atoms with Gasteiger partial charge in [-0.15, -0.1) is 0 Å². The number of imide groups is 1. The van der Waals surface area contributed by atoms with Gasteiger partial charge in [-0.1, -0.05) is 36.3 Å². The molecule has 4 nitrogen and oxygen atoms in total. The first-order chi connectivity index (χ1) is 9.75. The lowest BCUT2D eigenvalue weighted by atomic mass is 9.81. The lowest BCUT2D eigenvalue weighted by molar-refractivity contribution is -0.122. The predicted molar refractivity (Wildman–Crippen MR) is 77.6 cm³/mol. The number of rotatable bonds is 1. The molecule has 0 radical (unpaired) electrons. The van der Waals surface area contributed by atoms with E-state index < -0.39 is 0 Å². The number of para-hydroxylation sites is 1. The molecule has 102 valence electrons. The zero-order valence-corrected chi connectivity index (χ0v) is 11.7. The minimum absolute atomic E-state index is 0.0428. The molecule has 20 heavy (non-hydrogen) atoms. The van der Waals surface area contributed by atoms with Gasteiger partial charge in [0.1, 0.15) is 0 Å². The average Bonchev–Trinajstić information content (AvgIpc) is 3.00. The van der Waals surface area contributed by atoms with Crippen LogP contribution in [0.3, 0.4) is 0 Å². The molecule has 1 aromatic heterocycles. The number of aromatic nitrogens is 1. The highest BCUT2D eigenvalue weighted by Gasteiger charge is 2.49. The zero-order chi connectivity index (χ0) is 13.7. The fourth-order valence-corrected chi connectivity index (χ4v) is 4.28. The van der Waals surface area contributed by atoms with E-state index in [1.165, 1.54) is 16.2 Å². The van der Waals surface area contributed by atoms with Crippen LogP contribution in [0.2, 0.25) is 0 Å². The van der Waals surface area contributed by atoms with Gasteiger partial charge in [0.15, 0.2) is 5.13 Å². The largest absolute Gasteiger partial charge is 0.274 e. The van der Waals surface area contributed by atoms with E-state index in [0.717, 1.165) is 35.9 Å². The Bertz CT molecular complexity index is 652. The molecule has 5 heteroatoms. The van der Waals surface area contributed by atoms with Crippen molar-refractivity contribution < 1.29 is 9.59 Å². The highest BCUT2D eigenvalue weighted by atomic mass is 32.1. The van der Waals surface area contributed by atoms with Crippen molar-refractivity contribution in [2.45, 2.75) is 25.7 Å². The summed E-state index contributed by atoms with van der Waals surface area (Å²) in [6, 6.07) is 7.74. The summed E-state index contributed by atoms with van der Waals surface area (Å²) in [5.74, 6) is -0.302. The Morgan fingerprint density at radius 1 is 1.05 bits per heavy atom. The lowest BCUT2D eigenvalue weighted by Gasteiger charge is -2.19. The zero-order valence-electron chi connectivity index (χ0n) is 10.9. The summed E-state index contributed by atoms with van der Waals surface area (Å²) < 4.78 is 1.01. The topological polar surface area (TPSA) is 50.3 Å². The number of carbonyl (C=O) groups excluding carboxylic acids is 2. The van der Waals surface area contributed by atoms with Crippen molar-refractivity contribution in [1.82, 2.24) is 4.98 Å². The smallest absolute Gasteiger partial charge is 0.239 e. The Labute approximate surface area is 120 Å². The Morgan fingerprint density at radius 3 is 2.35 bits per heavy atom. The van der Waals surface area contributed by atoms with Crippen molar-refractivity contribution in [2.24, 2.45) is 11.8 Å². The van der Waals surface area contributed by atoms with Crippen LogP contribution in [0.15, 0.2) is 24.3 Å². The van der Waals surface area contributed by atoms with Crippen molar-refractivity contribution >= 4 is 38.5 Å². The van der Waals surface area contributed by atoms with E-state index in [1.807, 2.05) is 24.3 Å². The van der Waals surface area contributed by atoms with Gasteiger partial charge < -0.3 is 0 Å². The first kappa shape index (κ1) is 12.0. The number of hydrogen-bond donors (Lipinski definition) is 0. The van der Waals surface area contributed by atoms with E-state index in [1.54, 1.807) is 0 Å². The molecular weight excluding hydrogens is 272 g/mol. The van der Waals surface area contributed by atoms with Gasteiger partial charge in [0, 0.05) is 0 Å². The third kappa shape index (κ3) is 1.62. The Balaban J connectivity index is 1.77. The van der Waals surface area contributed by atoms with Gasteiger partial charge in [-0.3, -0.25) is 9.59 Å². The van der Waals surface area contributed by atoms with Crippen LogP contribution in [0.25, 0.3) is 10.2 Å². The molecule has 2 atom stereocenters. The summed E-state index contributed by atoms with van der Waals surface area (Å²) in [5, 5.41) is 0.538. The average molecular weight is 286 g/mol. The van der Waals surface area contributed by atoms with Crippen LogP contribution in [-0.2, 0) is 9.59 Å². The maximum Gasteiger partial charge on any atom is 0.239 e. The molecule has 0 bridgehead atoms. The Hall–Kier alpha value is -1.75. The molecule has 2 amide bonds. The van der Waals surface area contributed by atoms with Gasteiger partial charge >= 0.3 is 0 Å². The number of hydrogen-bond acceptors (Lipinski definition) is 4. The number of anilines is 1. The quantitative estimate of drug-likeness (QED) is 0.757. The van der Waals surface area contributed by atoms with Gasteiger partial charge in [0.25, 0.3) is 0 Å². The molecule has 0 unspecified atom stereocenters. The fourth-order valence-electron chi connectivity index (χ4n) is 3.31. The van der Waals surface area contributed by atoms with Crippen molar-refractivity contribution in [1.29, 1.82) is 0 Å². The van der Waals surface area contributed by atoms with Crippen LogP contribution >= 0.6 is 11.3 Å². The standard InChI is InChI=1S/C15H14N2O2S/c18-13-9-5-1-2-6-10(9)14(19)17(13)15-16-11-7-3-4-8-12(11)20-15/h3-4,7-10H,1-2,5-6H2/t9-,10-/m1/s1. The van der Waals surface area contributed by atoms with E-state index in [4.69, 9.17) is 0 Å². The van der Waals surface area contributed by atoms with E-state index in [-0.39, 0.29) is 23.7 Å². The molecular formula is C15H14N2O2S. The maximum absolute atomic E-state index is 12.5. The SMILES string of the molecule is O=C1[C@@H]2CCCC[C@H]2C(=O)N1c1nc2ccccc2s1. The van der Waals surface area contributed by atoms with E-state index in [9.17, 15) is 9.59 Å². The molecule has 2 heterocycles. The highest BCUT2D eigenvalue weighted by molar-refractivity contribution is 7.22. The summed E-state index contributed by atoms with van der Waals surface area (Å²) in [6.45, 7) is 0. The van der Waals surface area contributed by atoms with E-state index >= 15 is 0 Å². The molecule has 0 N–H and O–H groups in total. The molecule has 0 spiro atoms. The van der Waals surface area contributed by atoms with Gasteiger partial charge in [0.05, 0.1) is 22.1 Å². The summed E-state index contributed by atoms with van der Waals surface area (Å²) in [4.78, 5) is 30.8. The molecule has 2 aliphatic rings. The second kappa shape index (κ2) is 4.38. The fraction of sp³-hybridized carbons (Fsp3) is 0.400. The normalized spacial score (nSPS) is 26.3.